The van der Waals surface area contributed by atoms with Crippen molar-refractivity contribution in [2.75, 3.05) is 13.1 Å². The first-order valence-corrected chi connectivity index (χ1v) is 14.2. The van der Waals surface area contributed by atoms with E-state index in [0.717, 1.165) is 5.41 Å². The predicted molar refractivity (Wildman–Crippen MR) is 155 cm³/mol. The molecule has 1 aliphatic heterocycles. The van der Waals surface area contributed by atoms with E-state index in [4.69, 9.17) is 23.1 Å². The van der Waals surface area contributed by atoms with Gasteiger partial charge in [-0.25, -0.2) is 18.2 Å². The number of carbonyl (C=O) groups is 2. The van der Waals surface area contributed by atoms with Gasteiger partial charge in [0.25, 0.3) is 5.91 Å². The molecule has 0 radical (unpaired) electrons. The Bertz CT molecular complexity index is 1550. The second-order valence-electron chi connectivity index (χ2n) is 9.22. The van der Waals surface area contributed by atoms with Gasteiger partial charge in [0.1, 0.15) is 0 Å². The molecule has 0 aliphatic carbocycles. The molecular formula is C28H28ClN5O5S. The highest BCUT2D eigenvalue weighted by Crippen LogP contribution is 2.25. The third kappa shape index (κ3) is 7.26. The fourth-order valence-corrected chi connectivity index (χ4v) is 5.75. The Kier molecular flexibility index (Phi) is 8.88. The number of nitrogens with zero attached hydrogens (tertiary/aromatic N) is 3. The van der Waals surface area contributed by atoms with Crippen LogP contribution in [-0.4, -0.2) is 59.7 Å². The molecule has 1 unspecified atom stereocenters. The zero-order valence-electron chi connectivity index (χ0n) is 21.4. The lowest BCUT2D eigenvalue weighted by molar-refractivity contribution is 0.0671. The number of hydrogen-bond acceptors (Lipinski definition) is 5. The standard InChI is InChI=1S/C28H28ClN5O5S/c29-23-8-4-19(5-9-23)13-15-40(38,39)33-14-12-25(18-33)34(17-20-2-1-3-22(16-20)27(36)37)26(35)21-6-10-24(11-7-21)32-28(30)31/h1-11,13,15-16,25H,12,14,17-18H2,(H,36,37)(H4,30,31,32)/b15-13+. The molecule has 12 heteroatoms. The number of rotatable bonds is 9. The molecule has 1 amide bonds. The van der Waals surface area contributed by atoms with Crippen molar-refractivity contribution in [2.24, 2.45) is 16.5 Å². The normalized spacial score (nSPS) is 15.7. The van der Waals surface area contributed by atoms with Gasteiger partial charge < -0.3 is 21.5 Å². The summed E-state index contributed by atoms with van der Waals surface area (Å²) >= 11 is 5.90. The second kappa shape index (κ2) is 12.3. The van der Waals surface area contributed by atoms with Crippen LogP contribution in [0.15, 0.2) is 83.2 Å². The van der Waals surface area contributed by atoms with Crippen LogP contribution in [-0.2, 0) is 16.6 Å². The van der Waals surface area contributed by atoms with Gasteiger partial charge in [-0.1, -0.05) is 35.9 Å². The molecule has 4 rings (SSSR count). The zero-order chi connectivity index (χ0) is 28.9. The van der Waals surface area contributed by atoms with Crippen molar-refractivity contribution in [1.82, 2.24) is 9.21 Å². The van der Waals surface area contributed by atoms with Gasteiger partial charge in [0.05, 0.1) is 11.3 Å². The van der Waals surface area contributed by atoms with Gasteiger partial charge >= 0.3 is 5.97 Å². The van der Waals surface area contributed by atoms with Gasteiger partial charge in [0.15, 0.2) is 5.96 Å². The van der Waals surface area contributed by atoms with Gasteiger partial charge in [-0.3, -0.25) is 4.79 Å². The summed E-state index contributed by atoms with van der Waals surface area (Å²) in [6, 6.07) is 19.0. The lowest BCUT2D eigenvalue weighted by Crippen LogP contribution is -2.42. The Morgan fingerprint density at radius 3 is 2.40 bits per heavy atom. The topological polar surface area (TPSA) is 159 Å². The number of benzene rings is 3. The molecule has 3 aromatic carbocycles. The number of sulfonamides is 1. The molecule has 1 aliphatic rings. The molecule has 1 heterocycles. The molecule has 0 spiro atoms. The number of carboxylic acid groups (broad SMARTS) is 1. The maximum absolute atomic E-state index is 13.7. The first-order valence-electron chi connectivity index (χ1n) is 12.3. The van der Waals surface area contributed by atoms with Crippen LogP contribution in [0.1, 0.15) is 38.3 Å². The van der Waals surface area contributed by atoms with Crippen LogP contribution in [0, 0.1) is 0 Å². The fourth-order valence-electron chi connectivity index (χ4n) is 4.38. The molecule has 1 saturated heterocycles. The third-order valence-corrected chi connectivity index (χ3v) is 8.17. The van der Waals surface area contributed by atoms with Gasteiger partial charge in [-0.05, 0) is 72.2 Å². The quantitative estimate of drug-likeness (QED) is 0.257. The Hall–Kier alpha value is -4.19. The van der Waals surface area contributed by atoms with Crippen molar-refractivity contribution >= 4 is 51.2 Å². The molecule has 1 atom stereocenters. The molecule has 10 nitrogen and oxygen atoms in total. The second-order valence-corrected chi connectivity index (χ2v) is 11.5. The summed E-state index contributed by atoms with van der Waals surface area (Å²) in [5.41, 5.74) is 13.1. The number of aromatic carboxylic acids is 1. The number of hydrogen-bond donors (Lipinski definition) is 3. The van der Waals surface area contributed by atoms with Crippen LogP contribution in [0.25, 0.3) is 6.08 Å². The van der Waals surface area contributed by atoms with Crippen LogP contribution in [0.5, 0.6) is 0 Å². The molecule has 1 fully saturated rings. The van der Waals surface area contributed by atoms with Crippen LogP contribution in [0.4, 0.5) is 5.69 Å². The first-order chi connectivity index (χ1) is 19.0. The molecule has 0 saturated carbocycles. The number of nitrogens with two attached hydrogens (primary N) is 2. The van der Waals surface area contributed by atoms with E-state index in [0.29, 0.717) is 33.8 Å². The lowest BCUT2D eigenvalue weighted by atomic mass is 10.1. The molecule has 40 heavy (non-hydrogen) atoms. The van der Waals surface area contributed by atoms with Crippen molar-refractivity contribution in [3.05, 3.63) is 105 Å². The largest absolute Gasteiger partial charge is 0.478 e. The van der Waals surface area contributed by atoms with E-state index in [1.54, 1.807) is 65.6 Å². The summed E-state index contributed by atoms with van der Waals surface area (Å²) in [5.74, 6) is -1.53. The maximum Gasteiger partial charge on any atom is 0.335 e. The Morgan fingerprint density at radius 1 is 1.05 bits per heavy atom. The highest BCUT2D eigenvalue weighted by atomic mass is 35.5. The molecule has 208 valence electrons. The Morgan fingerprint density at radius 2 is 1.75 bits per heavy atom. The zero-order valence-corrected chi connectivity index (χ0v) is 22.9. The van der Waals surface area contributed by atoms with Gasteiger partial charge in [-0.15, -0.1) is 0 Å². The van der Waals surface area contributed by atoms with Crippen molar-refractivity contribution in [3.63, 3.8) is 0 Å². The monoisotopic (exact) mass is 581 g/mol. The molecule has 3 aromatic rings. The molecular weight excluding hydrogens is 554 g/mol. The fraction of sp³-hybridized carbons (Fsp3) is 0.179. The van der Waals surface area contributed by atoms with Gasteiger partial charge in [0, 0.05) is 41.7 Å². The number of aliphatic imine (C=N–C) groups is 1. The smallest absolute Gasteiger partial charge is 0.335 e. The van der Waals surface area contributed by atoms with Crippen LogP contribution in [0.3, 0.4) is 0 Å². The van der Waals surface area contributed by atoms with E-state index in [2.05, 4.69) is 4.99 Å². The van der Waals surface area contributed by atoms with Gasteiger partial charge in [-0.2, -0.15) is 4.31 Å². The van der Waals surface area contributed by atoms with Crippen LogP contribution >= 0.6 is 11.6 Å². The number of carbonyl (C=O) groups excluding carboxylic acids is 1. The maximum atomic E-state index is 13.7. The van der Waals surface area contributed by atoms with E-state index in [1.807, 2.05) is 0 Å². The average molecular weight is 582 g/mol. The van der Waals surface area contributed by atoms with Crippen LogP contribution < -0.4 is 11.5 Å². The summed E-state index contributed by atoms with van der Waals surface area (Å²) < 4.78 is 27.5. The van der Waals surface area contributed by atoms with E-state index in [1.165, 1.54) is 22.5 Å². The summed E-state index contributed by atoms with van der Waals surface area (Å²) in [5, 5.41) is 11.1. The summed E-state index contributed by atoms with van der Waals surface area (Å²) in [6.07, 6.45) is 1.90. The number of halogens is 1. The Balaban J connectivity index is 1.58. The van der Waals surface area contributed by atoms with Gasteiger partial charge in [0.2, 0.25) is 10.0 Å². The first kappa shape index (κ1) is 28.8. The molecule has 0 bridgehead atoms. The average Bonchev–Trinajstić information content (AvgIpc) is 3.42. The lowest BCUT2D eigenvalue weighted by Gasteiger charge is -2.29. The van der Waals surface area contributed by atoms with Crippen molar-refractivity contribution in [1.29, 1.82) is 0 Å². The predicted octanol–water partition coefficient (Wildman–Crippen LogP) is 3.66. The molecule has 0 aromatic heterocycles. The number of carboxylic acids is 1. The summed E-state index contributed by atoms with van der Waals surface area (Å²) in [7, 11) is -3.77. The van der Waals surface area contributed by atoms with E-state index < -0.39 is 22.0 Å². The summed E-state index contributed by atoms with van der Waals surface area (Å²) in [6.45, 7) is 0.402. The minimum absolute atomic E-state index is 0.0870. The van der Waals surface area contributed by atoms with Crippen molar-refractivity contribution < 1.29 is 23.1 Å². The molecule has 5 N–H and O–H groups in total. The van der Waals surface area contributed by atoms with Crippen molar-refractivity contribution in [2.45, 2.75) is 19.0 Å². The van der Waals surface area contributed by atoms with Crippen molar-refractivity contribution in [3.8, 4) is 0 Å². The SMILES string of the molecule is NC(N)=Nc1ccc(C(=O)N(Cc2cccc(C(=O)O)c2)C2CCN(S(=O)(=O)/C=C/c3ccc(Cl)cc3)C2)cc1. The third-order valence-electron chi connectivity index (χ3n) is 6.39. The van der Waals surface area contributed by atoms with Crippen LogP contribution in [0.2, 0.25) is 5.02 Å². The van der Waals surface area contributed by atoms with E-state index in [-0.39, 0.29) is 37.1 Å². The number of amides is 1. The Labute approximate surface area is 237 Å². The summed E-state index contributed by atoms with van der Waals surface area (Å²) in [4.78, 5) is 30.8. The minimum Gasteiger partial charge on any atom is -0.478 e. The highest BCUT2D eigenvalue weighted by molar-refractivity contribution is 7.92. The number of guanidine groups is 1. The van der Waals surface area contributed by atoms with E-state index in [9.17, 15) is 23.1 Å². The highest BCUT2D eigenvalue weighted by Gasteiger charge is 2.35. The van der Waals surface area contributed by atoms with E-state index >= 15 is 0 Å². The minimum atomic E-state index is -3.77.